The molecule has 0 amide bonds. The average Bonchev–Trinajstić information content (AvgIpc) is 2.58. The van der Waals surface area contributed by atoms with Crippen LogP contribution >= 0.6 is 0 Å². The van der Waals surface area contributed by atoms with E-state index in [-0.39, 0.29) is 5.56 Å². The van der Waals surface area contributed by atoms with Crippen LogP contribution in [0.2, 0.25) is 0 Å². The first kappa shape index (κ1) is 14.8. The number of nitrogens with one attached hydrogen (secondary N) is 1. The van der Waals surface area contributed by atoms with Crippen molar-refractivity contribution in [1.82, 2.24) is 4.98 Å². The molecule has 4 heteroatoms. The lowest BCUT2D eigenvalue weighted by molar-refractivity contribution is 0.0697. The Hall–Kier alpha value is -3.14. The van der Waals surface area contributed by atoms with Gasteiger partial charge in [0.05, 0.1) is 5.56 Å². The first-order chi connectivity index (χ1) is 11.2. The maximum Gasteiger partial charge on any atom is 0.335 e. The molecule has 0 unspecified atom stereocenters. The second-order valence-corrected chi connectivity index (χ2v) is 5.18. The van der Waals surface area contributed by atoms with E-state index in [1.807, 2.05) is 36.4 Å². The van der Waals surface area contributed by atoms with Gasteiger partial charge in [0.25, 0.3) is 0 Å². The second kappa shape index (κ2) is 6.75. The van der Waals surface area contributed by atoms with Crippen LogP contribution in [0.4, 0.5) is 11.5 Å². The van der Waals surface area contributed by atoms with Crippen LogP contribution in [-0.2, 0) is 6.42 Å². The molecule has 0 aliphatic heterocycles. The highest BCUT2D eigenvalue weighted by Crippen LogP contribution is 2.22. The van der Waals surface area contributed by atoms with Crippen molar-refractivity contribution in [2.24, 2.45) is 0 Å². The molecule has 1 aromatic heterocycles. The molecule has 4 nitrogen and oxygen atoms in total. The number of benzene rings is 2. The highest BCUT2D eigenvalue weighted by atomic mass is 16.4. The van der Waals surface area contributed by atoms with Crippen LogP contribution in [0.25, 0.3) is 0 Å². The Kier molecular flexibility index (Phi) is 4.34. The van der Waals surface area contributed by atoms with Crippen LogP contribution in [0.3, 0.4) is 0 Å². The Morgan fingerprint density at radius 2 is 1.74 bits per heavy atom. The van der Waals surface area contributed by atoms with E-state index in [9.17, 15) is 4.79 Å². The third-order valence-corrected chi connectivity index (χ3v) is 3.52. The number of anilines is 2. The van der Waals surface area contributed by atoms with Crippen LogP contribution in [0, 0.1) is 0 Å². The minimum atomic E-state index is -0.965. The van der Waals surface area contributed by atoms with Crippen LogP contribution in [0.1, 0.15) is 21.5 Å². The molecule has 1 heterocycles. The van der Waals surface area contributed by atoms with Crippen molar-refractivity contribution < 1.29 is 9.90 Å². The Balaban J connectivity index is 1.86. The van der Waals surface area contributed by atoms with Crippen molar-refractivity contribution in [2.75, 3.05) is 5.32 Å². The number of carboxylic acid groups (broad SMARTS) is 1. The molecule has 23 heavy (non-hydrogen) atoms. The first-order valence-electron chi connectivity index (χ1n) is 7.30. The summed E-state index contributed by atoms with van der Waals surface area (Å²) in [5, 5.41) is 12.3. The molecule has 2 N–H and O–H groups in total. The molecule has 0 aliphatic rings. The van der Waals surface area contributed by atoms with E-state index >= 15 is 0 Å². The highest BCUT2D eigenvalue weighted by molar-refractivity contribution is 5.88. The summed E-state index contributed by atoms with van der Waals surface area (Å²) in [4.78, 5) is 15.2. The van der Waals surface area contributed by atoms with E-state index in [1.165, 1.54) is 23.9 Å². The highest BCUT2D eigenvalue weighted by Gasteiger charge is 2.07. The van der Waals surface area contributed by atoms with Gasteiger partial charge < -0.3 is 10.4 Å². The molecule has 0 atom stereocenters. The fourth-order valence-electron chi connectivity index (χ4n) is 2.38. The minimum Gasteiger partial charge on any atom is -0.478 e. The fourth-order valence-corrected chi connectivity index (χ4v) is 2.38. The average molecular weight is 304 g/mol. The summed E-state index contributed by atoms with van der Waals surface area (Å²) in [6.07, 6.45) is 2.29. The SMILES string of the molecule is O=C(O)c1ccnc(Nc2ccccc2Cc2ccccc2)c1. The van der Waals surface area contributed by atoms with Gasteiger partial charge in [-0.1, -0.05) is 48.5 Å². The Bertz CT molecular complexity index is 816. The third-order valence-electron chi connectivity index (χ3n) is 3.52. The number of carboxylic acids is 1. The number of hydrogen-bond acceptors (Lipinski definition) is 3. The van der Waals surface area contributed by atoms with Gasteiger partial charge in [0.2, 0.25) is 0 Å². The normalized spacial score (nSPS) is 10.3. The van der Waals surface area contributed by atoms with Gasteiger partial charge in [-0.2, -0.15) is 0 Å². The Labute approximate surface area is 134 Å². The number of aromatic carboxylic acids is 1. The molecule has 0 saturated carbocycles. The van der Waals surface area contributed by atoms with E-state index in [4.69, 9.17) is 5.11 Å². The molecule has 0 fully saturated rings. The largest absolute Gasteiger partial charge is 0.478 e. The van der Waals surface area contributed by atoms with Crippen LogP contribution in [-0.4, -0.2) is 16.1 Å². The minimum absolute atomic E-state index is 0.211. The first-order valence-corrected chi connectivity index (χ1v) is 7.30. The van der Waals surface area contributed by atoms with E-state index in [2.05, 4.69) is 28.5 Å². The Morgan fingerprint density at radius 1 is 1.00 bits per heavy atom. The van der Waals surface area contributed by atoms with Crippen molar-refractivity contribution in [3.05, 3.63) is 89.6 Å². The predicted molar refractivity (Wildman–Crippen MR) is 90.2 cm³/mol. The van der Waals surface area contributed by atoms with E-state index in [1.54, 1.807) is 0 Å². The number of aromatic nitrogens is 1. The van der Waals surface area contributed by atoms with Gasteiger partial charge in [0.15, 0.2) is 0 Å². The zero-order chi connectivity index (χ0) is 16.1. The van der Waals surface area contributed by atoms with Gasteiger partial charge in [-0.25, -0.2) is 9.78 Å². The lowest BCUT2D eigenvalue weighted by Crippen LogP contribution is -2.02. The number of hydrogen-bond donors (Lipinski definition) is 2. The molecule has 2 aromatic carbocycles. The standard InChI is InChI=1S/C19H16N2O2/c22-19(23)16-10-11-20-18(13-16)21-17-9-5-4-8-15(17)12-14-6-2-1-3-7-14/h1-11,13H,12H2,(H,20,21)(H,22,23). The van der Waals surface area contributed by atoms with Crippen molar-refractivity contribution in [1.29, 1.82) is 0 Å². The molecule has 114 valence electrons. The van der Waals surface area contributed by atoms with Crippen LogP contribution in [0.5, 0.6) is 0 Å². The van der Waals surface area contributed by atoms with E-state index < -0.39 is 5.97 Å². The maximum absolute atomic E-state index is 11.1. The van der Waals surface area contributed by atoms with Gasteiger partial charge in [-0.3, -0.25) is 0 Å². The summed E-state index contributed by atoms with van der Waals surface area (Å²) in [5.74, 6) is -0.446. The quantitative estimate of drug-likeness (QED) is 0.744. The third kappa shape index (κ3) is 3.74. The maximum atomic E-state index is 11.1. The predicted octanol–water partition coefficient (Wildman–Crippen LogP) is 4.11. The van der Waals surface area contributed by atoms with Gasteiger partial charge in [0, 0.05) is 11.9 Å². The molecule has 0 radical (unpaired) electrons. The molecule has 3 aromatic rings. The van der Waals surface area contributed by atoms with E-state index in [0.29, 0.717) is 5.82 Å². The number of carbonyl (C=O) groups is 1. The summed E-state index contributed by atoms with van der Waals surface area (Å²) >= 11 is 0. The second-order valence-electron chi connectivity index (χ2n) is 5.18. The smallest absolute Gasteiger partial charge is 0.335 e. The number of rotatable bonds is 5. The number of nitrogens with zero attached hydrogens (tertiary/aromatic N) is 1. The summed E-state index contributed by atoms with van der Waals surface area (Å²) in [5.41, 5.74) is 3.48. The Morgan fingerprint density at radius 3 is 2.52 bits per heavy atom. The summed E-state index contributed by atoms with van der Waals surface area (Å²) < 4.78 is 0. The van der Waals surface area contributed by atoms with Gasteiger partial charge >= 0.3 is 5.97 Å². The van der Waals surface area contributed by atoms with Crippen molar-refractivity contribution in [2.45, 2.75) is 6.42 Å². The molecule has 3 rings (SSSR count). The summed E-state index contributed by atoms with van der Waals surface area (Å²) in [6, 6.07) is 21.2. The van der Waals surface area contributed by atoms with Crippen LogP contribution in [0.15, 0.2) is 72.9 Å². The molecule has 0 bridgehead atoms. The van der Waals surface area contributed by atoms with E-state index in [0.717, 1.165) is 17.7 Å². The topological polar surface area (TPSA) is 62.2 Å². The zero-order valence-corrected chi connectivity index (χ0v) is 12.4. The van der Waals surface area contributed by atoms with Gasteiger partial charge in [-0.05, 0) is 35.7 Å². The number of pyridine rings is 1. The lowest BCUT2D eigenvalue weighted by Gasteiger charge is -2.12. The molecule has 0 saturated heterocycles. The van der Waals surface area contributed by atoms with Gasteiger partial charge in [0.1, 0.15) is 5.82 Å². The lowest BCUT2D eigenvalue weighted by atomic mass is 10.0. The monoisotopic (exact) mass is 304 g/mol. The summed E-state index contributed by atoms with van der Waals surface area (Å²) in [6.45, 7) is 0. The number of para-hydroxylation sites is 1. The molecule has 0 aliphatic carbocycles. The van der Waals surface area contributed by atoms with Crippen molar-refractivity contribution in [3.8, 4) is 0 Å². The molecular weight excluding hydrogens is 288 g/mol. The van der Waals surface area contributed by atoms with Crippen molar-refractivity contribution >= 4 is 17.5 Å². The molecular formula is C19H16N2O2. The fraction of sp³-hybridized carbons (Fsp3) is 0.0526. The van der Waals surface area contributed by atoms with Crippen molar-refractivity contribution in [3.63, 3.8) is 0 Å². The van der Waals surface area contributed by atoms with Crippen LogP contribution < -0.4 is 5.32 Å². The summed E-state index contributed by atoms with van der Waals surface area (Å²) in [7, 11) is 0. The molecule has 0 spiro atoms. The zero-order valence-electron chi connectivity index (χ0n) is 12.4. The van der Waals surface area contributed by atoms with Gasteiger partial charge in [-0.15, -0.1) is 0 Å².